The van der Waals surface area contributed by atoms with Gasteiger partial charge in [0.15, 0.2) is 0 Å². The Labute approximate surface area is 115 Å². The Kier molecular flexibility index (Phi) is 4.53. The Morgan fingerprint density at radius 1 is 1.42 bits per heavy atom. The molecule has 1 aromatic carbocycles. The molecular weight excluding hydrogens is 240 g/mol. The molecule has 1 saturated carbocycles. The van der Waals surface area contributed by atoms with Gasteiger partial charge in [-0.05, 0) is 45.2 Å². The number of nitrogens with two attached hydrogens (primary N) is 1. The lowest BCUT2D eigenvalue weighted by Crippen LogP contribution is -2.42. The first-order valence-electron chi connectivity index (χ1n) is 7.05. The van der Waals surface area contributed by atoms with Gasteiger partial charge in [-0.25, -0.2) is 0 Å². The predicted octanol–water partition coefficient (Wildman–Crippen LogP) is 2.41. The summed E-state index contributed by atoms with van der Waals surface area (Å²) >= 11 is 0. The molecule has 2 rings (SSSR count). The van der Waals surface area contributed by atoms with E-state index in [1.807, 2.05) is 32.0 Å². The number of anilines is 2. The molecule has 0 aromatic heterocycles. The van der Waals surface area contributed by atoms with Gasteiger partial charge >= 0.3 is 0 Å². The molecule has 0 atom stereocenters. The number of aliphatic hydroxyl groups is 1. The van der Waals surface area contributed by atoms with Crippen LogP contribution in [0.4, 0.5) is 11.4 Å². The minimum Gasteiger partial charge on any atom is -0.489 e. The molecule has 0 aliphatic heterocycles. The van der Waals surface area contributed by atoms with Crippen LogP contribution in [0.2, 0.25) is 0 Å². The van der Waals surface area contributed by atoms with E-state index in [0.29, 0.717) is 18.3 Å². The highest BCUT2D eigenvalue weighted by atomic mass is 16.5. The van der Waals surface area contributed by atoms with Crippen molar-refractivity contribution in [1.29, 1.82) is 0 Å². The zero-order valence-corrected chi connectivity index (χ0v) is 11.8. The third kappa shape index (κ3) is 3.32. The summed E-state index contributed by atoms with van der Waals surface area (Å²) in [7, 11) is 0. The zero-order chi connectivity index (χ0) is 13.8. The van der Waals surface area contributed by atoms with Crippen molar-refractivity contribution >= 4 is 11.4 Å². The summed E-state index contributed by atoms with van der Waals surface area (Å²) in [6.07, 6.45) is 3.78. The van der Waals surface area contributed by atoms with E-state index in [2.05, 4.69) is 4.90 Å². The van der Waals surface area contributed by atoms with Gasteiger partial charge < -0.3 is 20.5 Å². The van der Waals surface area contributed by atoms with Gasteiger partial charge in [0.25, 0.3) is 0 Å². The van der Waals surface area contributed by atoms with Gasteiger partial charge in [0.1, 0.15) is 5.75 Å². The molecular formula is C15H24N2O2. The Bertz CT molecular complexity index is 417. The lowest BCUT2D eigenvalue weighted by molar-refractivity contribution is 0.243. The molecule has 4 nitrogen and oxygen atoms in total. The zero-order valence-electron chi connectivity index (χ0n) is 11.8. The fourth-order valence-electron chi connectivity index (χ4n) is 2.39. The Morgan fingerprint density at radius 2 is 2.16 bits per heavy atom. The molecule has 1 fully saturated rings. The summed E-state index contributed by atoms with van der Waals surface area (Å²) in [4.78, 5) is 2.26. The minimum absolute atomic E-state index is 0.104. The fourth-order valence-corrected chi connectivity index (χ4v) is 2.39. The van der Waals surface area contributed by atoms with Crippen molar-refractivity contribution in [3.05, 3.63) is 18.2 Å². The summed E-state index contributed by atoms with van der Waals surface area (Å²) in [5, 5.41) is 9.24. The molecule has 3 N–H and O–H groups in total. The SMILES string of the molecule is CC(C)Oc1cc(N(CCO)C2CCC2)ccc1N. The van der Waals surface area contributed by atoms with Crippen LogP contribution >= 0.6 is 0 Å². The molecule has 0 saturated heterocycles. The summed E-state index contributed by atoms with van der Waals surface area (Å²) in [6.45, 7) is 4.81. The largest absolute Gasteiger partial charge is 0.489 e. The summed E-state index contributed by atoms with van der Waals surface area (Å²) in [5.41, 5.74) is 7.69. The molecule has 0 spiro atoms. The molecule has 4 heteroatoms. The van der Waals surface area contributed by atoms with Gasteiger partial charge in [-0.1, -0.05) is 0 Å². The van der Waals surface area contributed by atoms with E-state index in [9.17, 15) is 5.11 Å². The molecule has 0 heterocycles. The van der Waals surface area contributed by atoms with E-state index in [1.54, 1.807) is 0 Å². The molecule has 1 aliphatic carbocycles. The van der Waals surface area contributed by atoms with Crippen LogP contribution in [0.5, 0.6) is 5.75 Å². The van der Waals surface area contributed by atoms with Crippen molar-refractivity contribution in [2.45, 2.75) is 45.3 Å². The van der Waals surface area contributed by atoms with Crippen LogP contribution in [0.3, 0.4) is 0 Å². The van der Waals surface area contributed by atoms with Crippen LogP contribution in [-0.4, -0.2) is 30.4 Å². The maximum Gasteiger partial charge on any atom is 0.144 e. The van der Waals surface area contributed by atoms with E-state index in [1.165, 1.54) is 19.3 Å². The molecule has 0 amide bonds. The van der Waals surface area contributed by atoms with E-state index in [-0.39, 0.29) is 12.7 Å². The predicted molar refractivity (Wildman–Crippen MR) is 78.7 cm³/mol. The third-order valence-corrected chi connectivity index (χ3v) is 3.55. The van der Waals surface area contributed by atoms with Crippen molar-refractivity contribution in [3.8, 4) is 5.75 Å². The standard InChI is InChI=1S/C15H24N2O2/c1-11(2)19-15-10-13(6-7-14(15)16)17(8-9-18)12-4-3-5-12/h6-7,10-12,18H,3-5,8-9,16H2,1-2H3. The van der Waals surface area contributed by atoms with Crippen molar-refractivity contribution in [2.75, 3.05) is 23.8 Å². The second-order valence-corrected chi connectivity index (χ2v) is 5.39. The van der Waals surface area contributed by atoms with Gasteiger partial charge in [-0.15, -0.1) is 0 Å². The first-order chi connectivity index (χ1) is 9.11. The second kappa shape index (κ2) is 6.15. The number of hydrogen-bond acceptors (Lipinski definition) is 4. The molecule has 0 unspecified atom stereocenters. The van der Waals surface area contributed by atoms with Crippen LogP contribution in [-0.2, 0) is 0 Å². The Hall–Kier alpha value is -1.42. The first-order valence-corrected chi connectivity index (χ1v) is 7.05. The number of hydrogen-bond donors (Lipinski definition) is 2. The fraction of sp³-hybridized carbons (Fsp3) is 0.600. The molecule has 0 radical (unpaired) electrons. The molecule has 1 aromatic rings. The summed E-state index contributed by atoms with van der Waals surface area (Å²) in [6, 6.07) is 6.43. The van der Waals surface area contributed by atoms with Crippen molar-refractivity contribution in [2.24, 2.45) is 0 Å². The average molecular weight is 264 g/mol. The maximum absolute atomic E-state index is 9.24. The monoisotopic (exact) mass is 264 g/mol. The van der Waals surface area contributed by atoms with E-state index >= 15 is 0 Å². The summed E-state index contributed by atoms with van der Waals surface area (Å²) in [5.74, 6) is 0.731. The molecule has 19 heavy (non-hydrogen) atoms. The average Bonchev–Trinajstić information content (AvgIpc) is 2.28. The highest BCUT2D eigenvalue weighted by Crippen LogP contribution is 2.33. The lowest BCUT2D eigenvalue weighted by atomic mass is 9.91. The lowest BCUT2D eigenvalue weighted by Gasteiger charge is -2.39. The van der Waals surface area contributed by atoms with Crippen LogP contribution in [0.15, 0.2) is 18.2 Å². The first kappa shape index (κ1) is 14.0. The number of nitrogens with zero attached hydrogens (tertiary/aromatic N) is 1. The van der Waals surface area contributed by atoms with Crippen LogP contribution in [0, 0.1) is 0 Å². The van der Waals surface area contributed by atoms with Gasteiger partial charge in [-0.3, -0.25) is 0 Å². The topological polar surface area (TPSA) is 58.7 Å². The Morgan fingerprint density at radius 3 is 2.68 bits per heavy atom. The number of nitrogen functional groups attached to an aromatic ring is 1. The molecule has 106 valence electrons. The highest BCUT2D eigenvalue weighted by Gasteiger charge is 2.25. The second-order valence-electron chi connectivity index (χ2n) is 5.39. The van der Waals surface area contributed by atoms with Gasteiger partial charge in [0, 0.05) is 24.3 Å². The highest BCUT2D eigenvalue weighted by molar-refractivity contribution is 5.63. The van der Waals surface area contributed by atoms with Gasteiger partial charge in [-0.2, -0.15) is 0 Å². The third-order valence-electron chi connectivity index (χ3n) is 3.55. The quantitative estimate of drug-likeness (QED) is 0.775. The molecule has 0 bridgehead atoms. The minimum atomic E-state index is 0.104. The maximum atomic E-state index is 9.24. The van der Waals surface area contributed by atoms with Crippen molar-refractivity contribution in [1.82, 2.24) is 0 Å². The molecule has 1 aliphatic rings. The van der Waals surface area contributed by atoms with E-state index < -0.39 is 0 Å². The van der Waals surface area contributed by atoms with Crippen LogP contribution < -0.4 is 15.4 Å². The number of benzene rings is 1. The number of rotatable bonds is 6. The van der Waals surface area contributed by atoms with E-state index in [4.69, 9.17) is 10.5 Å². The van der Waals surface area contributed by atoms with Gasteiger partial charge in [0.05, 0.1) is 18.4 Å². The number of aliphatic hydroxyl groups excluding tert-OH is 1. The normalized spacial score (nSPS) is 15.4. The van der Waals surface area contributed by atoms with Crippen molar-refractivity contribution < 1.29 is 9.84 Å². The van der Waals surface area contributed by atoms with Crippen LogP contribution in [0.25, 0.3) is 0 Å². The smallest absolute Gasteiger partial charge is 0.144 e. The van der Waals surface area contributed by atoms with Crippen molar-refractivity contribution in [3.63, 3.8) is 0 Å². The number of ether oxygens (including phenoxy) is 1. The summed E-state index contributed by atoms with van der Waals surface area (Å²) < 4.78 is 5.73. The van der Waals surface area contributed by atoms with E-state index in [0.717, 1.165) is 11.4 Å². The Balaban J connectivity index is 2.21. The van der Waals surface area contributed by atoms with Crippen LogP contribution in [0.1, 0.15) is 33.1 Å². The van der Waals surface area contributed by atoms with Gasteiger partial charge in [0.2, 0.25) is 0 Å².